The van der Waals surface area contributed by atoms with Gasteiger partial charge in [0.1, 0.15) is 5.52 Å². The summed E-state index contributed by atoms with van der Waals surface area (Å²) in [5, 5.41) is 11.0. The van der Waals surface area contributed by atoms with Crippen molar-refractivity contribution in [3.63, 3.8) is 0 Å². The number of nitrogens with one attached hydrogen (secondary N) is 1. The highest BCUT2D eigenvalue weighted by Crippen LogP contribution is 2.11. The van der Waals surface area contributed by atoms with Gasteiger partial charge in [0.2, 0.25) is 0 Å². The number of hydrogen-bond acceptors (Lipinski definition) is 5. The van der Waals surface area contributed by atoms with Gasteiger partial charge in [0.05, 0.1) is 5.56 Å². The Morgan fingerprint density at radius 1 is 1.41 bits per heavy atom. The zero-order chi connectivity index (χ0) is 15.5. The van der Waals surface area contributed by atoms with E-state index in [1.807, 2.05) is 0 Å². The fraction of sp³-hybridized carbons (Fsp3) is 0.600. The summed E-state index contributed by atoms with van der Waals surface area (Å²) >= 11 is 0. The van der Waals surface area contributed by atoms with Gasteiger partial charge in [-0.1, -0.05) is 12.1 Å². The average Bonchev–Trinajstić information content (AvgIpc) is 3.16. The topological polar surface area (TPSA) is 75.9 Å². The fourth-order valence-corrected chi connectivity index (χ4v) is 2.87. The molecule has 1 atom stereocenters. The van der Waals surface area contributed by atoms with E-state index in [4.69, 9.17) is 0 Å². The van der Waals surface area contributed by atoms with Gasteiger partial charge in [0, 0.05) is 25.8 Å². The molecule has 1 N–H and O–H groups in total. The van der Waals surface area contributed by atoms with Crippen molar-refractivity contribution in [3.8, 4) is 0 Å². The van der Waals surface area contributed by atoms with Crippen molar-refractivity contribution in [1.82, 2.24) is 30.2 Å². The molecule has 2 aromatic rings. The Kier molecular flexibility index (Phi) is 4.33. The van der Waals surface area contributed by atoms with Gasteiger partial charge in [0.15, 0.2) is 5.65 Å². The molecule has 118 valence electrons. The first kappa shape index (κ1) is 14.9. The molecule has 1 fully saturated rings. The number of carbonyl (C=O) groups is 1. The Morgan fingerprint density at radius 2 is 2.18 bits per heavy atom. The number of nitrogens with zero attached hydrogens (tertiary/aromatic N) is 5. The lowest BCUT2D eigenvalue weighted by Gasteiger charge is -2.23. The summed E-state index contributed by atoms with van der Waals surface area (Å²) in [6.07, 6.45) is 5.03. The van der Waals surface area contributed by atoms with Crippen molar-refractivity contribution in [2.45, 2.75) is 32.2 Å². The van der Waals surface area contributed by atoms with E-state index in [-0.39, 0.29) is 11.9 Å². The van der Waals surface area contributed by atoms with Crippen LogP contribution < -0.4 is 5.32 Å². The predicted molar refractivity (Wildman–Crippen MR) is 83.5 cm³/mol. The molecule has 7 heteroatoms. The number of pyridine rings is 1. The molecule has 0 aliphatic carbocycles. The Hall–Kier alpha value is -2.02. The summed E-state index contributed by atoms with van der Waals surface area (Å²) in [6, 6.07) is 1.91. The summed E-state index contributed by atoms with van der Waals surface area (Å²) in [6.45, 7) is 5.30. The SMILES string of the molecule is CCC(CN1CCCC1)NC(=O)c1cnc2c(c1)nnn2C. The molecule has 1 aliphatic heterocycles. The summed E-state index contributed by atoms with van der Waals surface area (Å²) in [5.41, 5.74) is 1.86. The lowest BCUT2D eigenvalue weighted by atomic mass is 10.2. The Balaban J connectivity index is 1.68. The first-order chi connectivity index (χ1) is 10.7. The molecule has 0 radical (unpaired) electrons. The third kappa shape index (κ3) is 3.09. The number of aromatic nitrogens is 4. The van der Waals surface area contributed by atoms with Gasteiger partial charge in [-0.05, 0) is 38.4 Å². The van der Waals surface area contributed by atoms with Crippen LogP contribution in [0.2, 0.25) is 0 Å². The van der Waals surface area contributed by atoms with Gasteiger partial charge in [-0.3, -0.25) is 4.79 Å². The number of rotatable bonds is 5. The minimum atomic E-state index is -0.0916. The maximum Gasteiger partial charge on any atom is 0.253 e. The van der Waals surface area contributed by atoms with Crippen molar-refractivity contribution in [2.24, 2.45) is 7.05 Å². The summed E-state index contributed by atoms with van der Waals surface area (Å²) in [7, 11) is 1.78. The van der Waals surface area contributed by atoms with Crippen LogP contribution in [-0.4, -0.2) is 56.5 Å². The number of hydrogen-bond donors (Lipinski definition) is 1. The molecule has 0 aromatic carbocycles. The van der Waals surface area contributed by atoms with Crippen molar-refractivity contribution >= 4 is 17.1 Å². The molecular formula is C15H22N6O. The van der Waals surface area contributed by atoms with E-state index in [2.05, 4.69) is 32.4 Å². The highest BCUT2D eigenvalue weighted by atomic mass is 16.1. The van der Waals surface area contributed by atoms with Gasteiger partial charge in [-0.2, -0.15) is 0 Å². The molecule has 0 saturated carbocycles. The minimum Gasteiger partial charge on any atom is -0.348 e. The Labute approximate surface area is 129 Å². The highest BCUT2D eigenvalue weighted by molar-refractivity contribution is 5.96. The van der Waals surface area contributed by atoms with Crippen molar-refractivity contribution < 1.29 is 4.79 Å². The normalized spacial score (nSPS) is 17.0. The van der Waals surface area contributed by atoms with E-state index in [0.717, 1.165) is 26.1 Å². The van der Waals surface area contributed by atoms with Crippen LogP contribution in [0.5, 0.6) is 0 Å². The second-order valence-corrected chi connectivity index (χ2v) is 5.87. The van der Waals surface area contributed by atoms with Crippen LogP contribution in [0.1, 0.15) is 36.5 Å². The number of amides is 1. The Bertz CT molecular complexity index is 661. The van der Waals surface area contributed by atoms with Gasteiger partial charge in [-0.15, -0.1) is 5.10 Å². The van der Waals surface area contributed by atoms with E-state index in [0.29, 0.717) is 16.7 Å². The molecule has 1 amide bonds. The standard InChI is InChI=1S/C15H22N6O/c1-3-12(10-21-6-4-5-7-21)17-15(22)11-8-13-14(16-9-11)20(2)19-18-13/h8-9,12H,3-7,10H2,1-2H3,(H,17,22). The minimum absolute atomic E-state index is 0.0916. The molecule has 7 nitrogen and oxygen atoms in total. The van der Waals surface area contributed by atoms with Crippen LogP contribution in [0.4, 0.5) is 0 Å². The molecule has 22 heavy (non-hydrogen) atoms. The maximum atomic E-state index is 12.4. The first-order valence-electron chi connectivity index (χ1n) is 7.86. The van der Waals surface area contributed by atoms with Crippen molar-refractivity contribution in [3.05, 3.63) is 17.8 Å². The molecule has 1 saturated heterocycles. The number of carbonyl (C=O) groups excluding carboxylic acids is 1. The zero-order valence-corrected chi connectivity index (χ0v) is 13.1. The van der Waals surface area contributed by atoms with Crippen LogP contribution in [0.25, 0.3) is 11.2 Å². The van der Waals surface area contributed by atoms with Crippen molar-refractivity contribution in [1.29, 1.82) is 0 Å². The molecule has 1 aliphatic rings. The first-order valence-corrected chi connectivity index (χ1v) is 7.86. The quantitative estimate of drug-likeness (QED) is 0.890. The third-order valence-corrected chi connectivity index (χ3v) is 4.21. The lowest BCUT2D eigenvalue weighted by molar-refractivity contribution is 0.0926. The van der Waals surface area contributed by atoms with E-state index in [1.165, 1.54) is 12.8 Å². The molecule has 1 unspecified atom stereocenters. The monoisotopic (exact) mass is 302 g/mol. The summed E-state index contributed by atoms with van der Waals surface area (Å²) < 4.78 is 1.60. The largest absolute Gasteiger partial charge is 0.348 e. The van der Waals surface area contributed by atoms with E-state index in [9.17, 15) is 4.79 Å². The highest BCUT2D eigenvalue weighted by Gasteiger charge is 2.19. The molecule has 3 rings (SSSR count). The van der Waals surface area contributed by atoms with Crippen molar-refractivity contribution in [2.75, 3.05) is 19.6 Å². The molecule has 0 spiro atoms. The van der Waals surface area contributed by atoms with Gasteiger partial charge in [0.25, 0.3) is 5.91 Å². The Morgan fingerprint density at radius 3 is 2.91 bits per heavy atom. The van der Waals surface area contributed by atoms with Crippen LogP contribution in [-0.2, 0) is 7.05 Å². The number of aryl methyl sites for hydroxylation is 1. The fourth-order valence-electron chi connectivity index (χ4n) is 2.87. The van der Waals surface area contributed by atoms with Gasteiger partial charge in [-0.25, -0.2) is 9.67 Å². The van der Waals surface area contributed by atoms with Crippen LogP contribution >= 0.6 is 0 Å². The van der Waals surface area contributed by atoms with E-state index in [1.54, 1.807) is 24.0 Å². The van der Waals surface area contributed by atoms with Crippen LogP contribution in [0.3, 0.4) is 0 Å². The molecule has 2 aromatic heterocycles. The molecule has 3 heterocycles. The van der Waals surface area contributed by atoms with E-state index < -0.39 is 0 Å². The van der Waals surface area contributed by atoms with E-state index >= 15 is 0 Å². The number of likely N-dealkylation sites (tertiary alicyclic amines) is 1. The second-order valence-electron chi connectivity index (χ2n) is 5.87. The lowest BCUT2D eigenvalue weighted by Crippen LogP contribution is -2.42. The molecule has 0 bridgehead atoms. The smallest absolute Gasteiger partial charge is 0.253 e. The predicted octanol–water partition coefficient (Wildman–Crippen LogP) is 0.967. The molecular weight excluding hydrogens is 280 g/mol. The van der Waals surface area contributed by atoms with Gasteiger partial charge >= 0.3 is 0 Å². The summed E-state index contributed by atoms with van der Waals surface area (Å²) in [4.78, 5) is 19.1. The second kappa shape index (κ2) is 6.39. The average molecular weight is 302 g/mol. The maximum absolute atomic E-state index is 12.4. The summed E-state index contributed by atoms with van der Waals surface area (Å²) in [5.74, 6) is -0.0916. The van der Waals surface area contributed by atoms with Crippen LogP contribution in [0, 0.1) is 0 Å². The number of fused-ring (bicyclic) bond motifs is 1. The van der Waals surface area contributed by atoms with Crippen LogP contribution in [0.15, 0.2) is 12.3 Å². The van der Waals surface area contributed by atoms with Gasteiger partial charge < -0.3 is 10.2 Å². The third-order valence-electron chi connectivity index (χ3n) is 4.21. The zero-order valence-electron chi connectivity index (χ0n) is 13.1.